The van der Waals surface area contributed by atoms with Gasteiger partial charge in [0.05, 0.1) is 5.92 Å². The molecule has 2 aromatic carbocycles. The SMILES string of the molecule is CC(C)CC(C)(C)NC(=O)C(CC(C)C(=O)O)NC(=O)c1ccc(-c2ccccc2)cc1. The summed E-state index contributed by atoms with van der Waals surface area (Å²) in [6.45, 7) is 9.51. The van der Waals surface area contributed by atoms with Crippen LogP contribution in [0.4, 0.5) is 0 Å². The van der Waals surface area contributed by atoms with Gasteiger partial charge in [0.1, 0.15) is 6.04 Å². The van der Waals surface area contributed by atoms with Gasteiger partial charge in [-0.1, -0.05) is 63.2 Å². The monoisotopic (exact) mass is 438 g/mol. The zero-order valence-corrected chi connectivity index (χ0v) is 19.5. The summed E-state index contributed by atoms with van der Waals surface area (Å²) < 4.78 is 0. The highest BCUT2D eigenvalue weighted by molar-refractivity contribution is 5.98. The quantitative estimate of drug-likeness (QED) is 0.509. The van der Waals surface area contributed by atoms with E-state index in [0.29, 0.717) is 11.5 Å². The molecular weight excluding hydrogens is 404 g/mol. The molecular formula is C26H34N2O4. The topological polar surface area (TPSA) is 95.5 Å². The van der Waals surface area contributed by atoms with Gasteiger partial charge in [-0.25, -0.2) is 0 Å². The standard InChI is InChI=1S/C26H34N2O4/c1-17(2)16-26(4,5)28-24(30)22(15-18(3)25(31)32)27-23(29)21-13-11-20(12-14-21)19-9-7-6-8-10-19/h6-14,17-18,22H,15-16H2,1-5H3,(H,27,29)(H,28,30)(H,31,32). The van der Waals surface area contributed by atoms with Crippen molar-refractivity contribution in [3.8, 4) is 11.1 Å². The van der Waals surface area contributed by atoms with E-state index >= 15 is 0 Å². The van der Waals surface area contributed by atoms with Crippen LogP contribution in [-0.2, 0) is 9.59 Å². The maximum absolute atomic E-state index is 13.0. The number of aliphatic carboxylic acids is 1. The molecule has 32 heavy (non-hydrogen) atoms. The van der Waals surface area contributed by atoms with Gasteiger partial charge in [0.2, 0.25) is 5.91 Å². The molecule has 0 fully saturated rings. The van der Waals surface area contributed by atoms with Crippen LogP contribution >= 0.6 is 0 Å². The molecule has 0 aliphatic carbocycles. The van der Waals surface area contributed by atoms with Crippen LogP contribution in [0.15, 0.2) is 54.6 Å². The molecule has 0 radical (unpaired) electrons. The lowest BCUT2D eigenvalue weighted by atomic mass is 9.91. The number of amides is 2. The summed E-state index contributed by atoms with van der Waals surface area (Å²) in [6, 6.07) is 16.0. The molecule has 0 aromatic heterocycles. The summed E-state index contributed by atoms with van der Waals surface area (Å²) >= 11 is 0. The second kappa shape index (κ2) is 10.9. The van der Waals surface area contributed by atoms with Gasteiger partial charge < -0.3 is 15.7 Å². The van der Waals surface area contributed by atoms with Crippen molar-refractivity contribution >= 4 is 17.8 Å². The third-order valence-corrected chi connectivity index (χ3v) is 5.27. The van der Waals surface area contributed by atoms with E-state index in [1.54, 1.807) is 12.1 Å². The largest absolute Gasteiger partial charge is 0.481 e. The third-order valence-electron chi connectivity index (χ3n) is 5.27. The maximum atomic E-state index is 13.0. The number of carbonyl (C=O) groups excluding carboxylic acids is 2. The first-order valence-corrected chi connectivity index (χ1v) is 11.0. The fraction of sp³-hybridized carbons (Fsp3) is 0.423. The fourth-order valence-electron chi connectivity index (χ4n) is 3.86. The molecule has 2 unspecified atom stereocenters. The Kier molecular flexibility index (Phi) is 8.58. The number of carboxylic acids is 1. The van der Waals surface area contributed by atoms with Crippen LogP contribution in [-0.4, -0.2) is 34.5 Å². The van der Waals surface area contributed by atoms with Gasteiger partial charge in [-0.2, -0.15) is 0 Å². The summed E-state index contributed by atoms with van der Waals surface area (Å²) in [6.07, 6.45) is 0.765. The van der Waals surface area contributed by atoms with Crippen LogP contribution in [0.5, 0.6) is 0 Å². The Bertz CT molecular complexity index is 921. The van der Waals surface area contributed by atoms with Crippen LogP contribution in [0.3, 0.4) is 0 Å². The van der Waals surface area contributed by atoms with Gasteiger partial charge in [0.25, 0.3) is 5.91 Å². The molecule has 0 saturated carbocycles. The summed E-state index contributed by atoms with van der Waals surface area (Å²) in [5.41, 5.74) is 1.95. The Labute approximate surface area is 190 Å². The predicted molar refractivity (Wildman–Crippen MR) is 126 cm³/mol. The minimum atomic E-state index is -1.01. The van der Waals surface area contributed by atoms with Crippen molar-refractivity contribution in [2.45, 2.75) is 59.0 Å². The molecule has 0 heterocycles. The molecule has 0 spiro atoms. The van der Waals surface area contributed by atoms with Gasteiger partial charge in [-0.15, -0.1) is 0 Å². The molecule has 0 bridgehead atoms. The van der Waals surface area contributed by atoms with E-state index in [-0.39, 0.29) is 12.3 Å². The highest BCUT2D eigenvalue weighted by Gasteiger charge is 2.30. The second-order valence-electron chi connectivity index (χ2n) is 9.42. The van der Waals surface area contributed by atoms with E-state index in [1.807, 2.05) is 56.3 Å². The Morgan fingerprint density at radius 3 is 2.00 bits per heavy atom. The maximum Gasteiger partial charge on any atom is 0.306 e. The highest BCUT2D eigenvalue weighted by Crippen LogP contribution is 2.20. The van der Waals surface area contributed by atoms with Crippen molar-refractivity contribution in [3.63, 3.8) is 0 Å². The zero-order chi connectivity index (χ0) is 23.9. The minimum absolute atomic E-state index is 0.00671. The number of nitrogens with one attached hydrogen (secondary N) is 2. The molecule has 172 valence electrons. The molecule has 6 nitrogen and oxygen atoms in total. The average Bonchev–Trinajstić information content (AvgIpc) is 2.72. The number of hydrogen-bond acceptors (Lipinski definition) is 3. The van der Waals surface area contributed by atoms with Crippen molar-refractivity contribution in [2.75, 3.05) is 0 Å². The highest BCUT2D eigenvalue weighted by atomic mass is 16.4. The van der Waals surface area contributed by atoms with Crippen molar-refractivity contribution in [1.82, 2.24) is 10.6 Å². The predicted octanol–water partition coefficient (Wildman–Crippen LogP) is 4.50. The van der Waals surface area contributed by atoms with E-state index in [2.05, 4.69) is 24.5 Å². The van der Waals surface area contributed by atoms with E-state index in [9.17, 15) is 19.5 Å². The van der Waals surface area contributed by atoms with Gasteiger partial charge in [0, 0.05) is 11.1 Å². The summed E-state index contributed by atoms with van der Waals surface area (Å²) in [7, 11) is 0. The first-order valence-electron chi connectivity index (χ1n) is 11.0. The summed E-state index contributed by atoms with van der Waals surface area (Å²) in [5.74, 6) is -2.20. The third kappa shape index (κ3) is 7.52. The molecule has 2 aromatic rings. The van der Waals surface area contributed by atoms with E-state index in [1.165, 1.54) is 6.92 Å². The van der Waals surface area contributed by atoms with Crippen LogP contribution in [0, 0.1) is 11.8 Å². The molecule has 0 saturated heterocycles. The minimum Gasteiger partial charge on any atom is -0.481 e. The zero-order valence-electron chi connectivity index (χ0n) is 19.5. The summed E-state index contributed by atoms with van der Waals surface area (Å²) in [4.78, 5) is 37.2. The number of rotatable bonds is 10. The van der Waals surface area contributed by atoms with Crippen molar-refractivity contribution < 1.29 is 19.5 Å². The first-order chi connectivity index (χ1) is 15.0. The van der Waals surface area contributed by atoms with Crippen molar-refractivity contribution in [2.24, 2.45) is 11.8 Å². The lowest BCUT2D eigenvalue weighted by Gasteiger charge is -2.31. The van der Waals surface area contributed by atoms with Gasteiger partial charge in [-0.3, -0.25) is 14.4 Å². The number of carbonyl (C=O) groups is 3. The van der Waals surface area contributed by atoms with Gasteiger partial charge >= 0.3 is 5.97 Å². The van der Waals surface area contributed by atoms with Crippen LogP contribution in [0.2, 0.25) is 0 Å². The first kappa shape index (κ1) is 25.1. The molecule has 2 rings (SSSR count). The number of carboxylic acid groups (broad SMARTS) is 1. The molecule has 2 amide bonds. The second-order valence-corrected chi connectivity index (χ2v) is 9.42. The summed E-state index contributed by atoms with van der Waals surface area (Å²) in [5, 5.41) is 15.0. The molecule has 2 atom stereocenters. The van der Waals surface area contributed by atoms with Gasteiger partial charge in [0.15, 0.2) is 0 Å². The number of hydrogen-bond donors (Lipinski definition) is 3. The molecule has 6 heteroatoms. The molecule has 0 aliphatic rings. The van der Waals surface area contributed by atoms with Crippen LogP contribution in [0.1, 0.15) is 57.8 Å². The normalized spacial score (nSPS) is 13.3. The smallest absolute Gasteiger partial charge is 0.306 e. The molecule has 0 aliphatic heterocycles. The molecule has 3 N–H and O–H groups in total. The van der Waals surface area contributed by atoms with Crippen molar-refractivity contribution in [3.05, 3.63) is 60.2 Å². The Morgan fingerprint density at radius 1 is 0.906 bits per heavy atom. The van der Waals surface area contributed by atoms with Gasteiger partial charge in [-0.05, 0) is 55.9 Å². The Hall–Kier alpha value is -3.15. The lowest BCUT2D eigenvalue weighted by molar-refractivity contribution is -0.141. The van der Waals surface area contributed by atoms with Crippen LogP contribution in [0.25, 0.3) is 11.1 Å². The Morgan fingerprint density at radius 2 is 1.47 bits per heavy atom. The fourth-order valence-corrected chi connectivity index (χ4v) is 3.86. The average molecular weight is 439 g/mol. The van der Waals surface area contributed by atoms with Crippen LogP contribution < -0.4 is 10.6 Å². The lowest BCUT2D eigenvalue weighted by Crippen LogP contribution is -2.54. The number of benzene rings is 2. The van der Waals surface area contributed by atoms with E-state index < -0.39 is 29.4 Å². The van der Waals surface area contributed by atoms with E-state index in [4.69, 9.17) is 0 Å². The Balaban J connectivity index is 2.16. The van der Waals surface area contributed by atoms with Crippen molar-refractivity contribution in [1.29, 1.82) is 0 Å². The van der Waals surface area contributed by atoms with E-state index in [0.717, 1.165) is 17.5 Å².